The molecule has 0 saturated carbocycles. The van der Waals surface area contributed by atoms with Gasteiger partial charge in [0, 0.05) is 6.54 Å². The first kappa shape index (κ1) is 16.4. The lowest BCUT2D eigenvalue weighted by atomic mass is 10.2. The molecule has 114 valence electrons. The maximum atomic E-state index is 12.2. The number of carboxylic acid groups (broad SMARTS) is 1. The summed E-state index contributed by atoms with van der Waals surface area (Å²) >= 11 is 0. The molecule has 10 heteroatoms. The Morgan fingerprint density at radius 3 is 2.40 bits per heavy atom. The number of carboxylic acids is 1. The van der Waals surface area contributed by atoms with E-state index >= 15 is 0 Å². The van der Waals surface area contributed by atoms with Gasteiger partial charge in [-0.25, -0.2) is 8.42 Å². The standard InChI is InChI=1S/C10H17N3O6S/c1-20(18,19)13-4-2-3-7(13)10(17)12(5-8(11)14)6-9(15)16/h7H,2-6H2,1H3,(H2,11,14)(H,15,16). The van der Waals surface area contributed by atoms with E-state index in [9.17, 15) is 22.8 Å². The van der Waals surface area contributed by atoms with Crippen LogP contribution in [0.1, 0.15) is 12.8 Å². The van der Waals surface area contributed by atoms with Gasteiger partial charge in [0.05, 0.1) is 12.8 Å². The number of hydrogen-bond acceptors (Lipinski definition) is 5. The van der Waals surface area contributed by atoms with Crippen LogP contribution < -0.4 is 5.73 Å². The van der Waals surface area contributed by atoms with E-state index in [-0.39, 0.29) is 6.54 Å². The quantitative estimate of drug-likeness (QED) is 0.571. The zero-order valence-corrected chi connectivity index (χ0v) is 11.8. The van der Waals surface area contributed by atoms with Gasteiger partial charge >= 0.3 is 5.97 Å². The Morgan fingerprint density at radius 2 is 1.95 bits per heavy atom. The van der Waals surface area contributed by atoms with Crippen molar-refractivity contribution >= 4 is 27.8 Å². The summed E-state index contributed by atoms with van der Waals surface area (Å²) in [5.74, 6) is -2.87. The minimum absolute atomic E-state index is 0.201. The fourth-order valence-corrected chi connectivity index (χ4v) is 3.28. The molecule has 3 N–H and O–H groups in total. The Balaban J connectivity index is 2.93. The van der Waals surface area contributed by atoms with Crippen molar-refractivity contribution in [2.45, 2.75) is 18.9 Å². The van der Waals surface area contributed by atoms with Crippen LogP contribution in [0.15, 0.2) is 0 Å². The summed E-state index contributed by atoms with van der Waals surface area (Å²) in [5.41, 5.74) is 4.97. The van der Waals surface area contributed by atoms with Gasteiger partial charge in [0.1, 0.15) is 12.6 Å². The molecule has 1 saturated heterocycles. The number of aliphatic carboxylic acids is 1. The number of hydrogen-bond donors (Lipinski definition) is 2. The fraction of sp³-hybridized carbons (Fsp3) is 0.700. The molecule has 1 rings (SSSR count). The van der Waals surface area contributed by atoms with Crippen LogP contribution in [0.25, 0.3) is 0 Å². The highest BCUT2D eigenvalue weighted by Gasteiger charge is 2.39. The van der Waals surface area contributed by atoms with Gasteiger partial charge in [-0.3, -0.25) is 14.4 Å². The number of carbonyl (C=O) groups excluding carboxylic acids is 2. The predicted molar refractivity (Wildman–Crippen MR) is 68.0 cm³/mol. The van der Waals surface area contributed by atoms with Crippen molar-refractivity contribution in [1.29, 1.82) is 0 Å². The summed E-state index contributed by atoms with van der Waals surface area (Å²) < 4.78 is 24.1. The lowest BCUT2D eigenvalue weighted by Crippen LogP contribution is -2.51. The monoisotopic (exact) mass is 307 g/mol. The van der Waals surface area contributed by atoms with Gasteiger partial charge in [-0.05, 0) is 12.8 Å². The normalized spacial score (nSPS) is 19.8. The predicted octanol–water partition coefficient (Wildman–Crippen LogP) is -2.19. The first-order valence-corrected chi connectivity index (χ1v) is 7.73. The van der Waals surface area contributed by atoms with Gasteiger partial charge in [0.25, 0.3) is 0 Å². The summed E-state index contributed by atoms with van der Waals surface area (Å²) in [6, 6.07) is -0.969. The number of sulfonamides is 1. The summed E-state index contributed by atoms with van der Waals surface area (Å²) in [6.07, 6.45) is 1.77. The summed E-state index contributed by atoms with van der Waals surface area (Å²) in [7, 11) is -3.56. The van der Waals surface area contributed by atoms with Gasteiger partial charge in [-0.15, -0.1) is 0 Å². The highest BCUT2D eigenvalue weighted by atomic mass is 32.2. The third-order valence-electron chi connectivity index (χ3n) is 2.90. The van der Waals surface area contributed by atoms with Crippen LogP contribution in [-0.4, -0.2) is 72.4 Å². The van der Waals surface area contributed by atoms with E-state index in [1.165, 1.54) is 0 Å². The largest absolute Gasteiger partial charge is 0.480 e. The van der Waals surface area contributed by atoms with E-state index in [4.69, 9.17) is 10.8 Å². The number of rotatable bonds is 6. The Bertz CT molecular complexity index is 501. The molecule has 0 bridgehead atoms. The van der Waals surface area contributed by atoms with E-state index in [2.05, 4.69) is 0 Å². The summed E-state index contributed by atoms with van der Waals surface area (Å²) in [4.78, 5) is 34.6. The Labute approximate surface area is 116 Å². The second-order valence-electron chi connectivity index (χ2n) is 4.59. The molecule has 0 aromatic heterocycles. The van der Waals surface area contributed by atoms with Gasteiger partial charge in [0.2, 0.25) is 21.8 Å². The molecular weight excluding hydrogens is 290 g/mol. The second kappa shape index (κ2) is 6.18. The Morgan fingerprint density at radius 1 is 1.35 bits per heavy atom. The third-order valence-corrected chi connectivity index (χ3v) is 4.19. The van der Waals surface area contributed by atoms with E-state index in [0.717, 1.165) is 15.5 Å². The minimum atomic E-state index is -3.56. The van der Waals surface area contributed by atoms with Crippen LogP contribution >= 0.6 is 0 Å². The molecule has 0 aliphatic carbocycles. The van der Waals surface area contributed by atoms with Crippen molar-refractivity contribution in [3.05, 3.63) is 0 Å². The van der Waals surface area contributed by atoms with E-state index in [1.54, 1.807) is 0 Å². The van der Waals surface area contributed by atoms with Crippen molar-refractivity contribution in [3.63, 3.8) is 0 Å². The molecule has 20 heavy (non-hydrogen) atoms. The zero-order chi connectivity index (χ0) is 15.5. The van der Waals surface area contributed by atoms with Crippen molar-refractivity contribution in [2.24, 2.45) is 5.73 Å². The molecule has 1 unspecified atom stereocenters. The van der Waals surface area contributed by atoms with Gasteiger partial charge in [-0.1, -0.05) is 0 Å². The summed E-state index contributed by atoms with van der Waals surface area (Å²) in [5, 5.41) is 8.74. The second-order valence-corrected chi connectivity index (χ2v) is 6.52. The van der Waals surface area contributed by atoms with E-state index in [1.807, 2.05) is 0 Å². The van der Waals surface area contributed by atoms with E-state index in [0.29, 0.717) is 12.8 Å². The third kappa shape index (κ3) is 4.17. The summed E-state index contributed by atoms with van der Waals surface area (Å²) in [6.45, 7) is -1.05. The number of nitrogens with zero attached hydrogens (tertiary/aromatic N) is 2. The number of primary amides is 1. The molecule has 1 heterocycles. The zero-order valence-electron chi connectivity index (χ0n) is 11.0. The van der Waals surface area contributed by atoms with Crippen molar-refractivity contribution in [3.8, 4) is 0 Å². The molecule has 0 spiro atoms. The molecule has 0 aromatic rings. The van der Waals surface area contributed by atoms with Gasteiger partial charge in [-0.2, -0.15) is 4.31 Å². The average molecular weight is 307 g/mol. The van der Waals surface area contributed by atoms with Crippen LogP contribution in [0, 0.1) is 0 Å². The van der Waals surface area contributed by atoms with Gasteiger partial charge in [0.15, 0.2) is 0 Å². The fourth-order valence-electron chi connectivity index (χ4n) is 2.16. The van der Waals surface area contributed by atoms with Crippen molar-refractivity contribution in [1.82, 2.24) is 9.21 Å². The highest BCUT2D eigenvalue weighted by Crippen LogP contribution is 2.22. The van der Waals surface area contributed by atoms with Crippen LogP contribution in [0.5, 0.6) is 0 Å². The minimum Gasteiger partial charge on any atom is -0.480 e. The molecule has 9 nitrogen and oxygen atoms in total. The van der Waals surface area contributed by atoms with Crippen LogP contribution in [-0.2, 0) is 24.4 Å². The van der Waals surface area contributed by atoms with Crippen molar-refractivity contribution < 1.29 is 27.9 Å². The molecule has 2 amide bonds. The first-order valence-electron chi connectivity index (χ1n) is 5.88. The van der Waals surface area contributed by atoms with Gasteiger partial charge < -0.3 is 15.7 Å². The van der Waals surface area contributed by atoms with Crippen molar-refractivity contribution in [2.75, 3.05) is 25.9 Å². The molecule has 0 aromatic carbocycles. The lowest BCUT2D eigenvalue weighted by Gasteiger charge is -2.27. The number of carbonyl (C=O) groups is 3. The number of nitrogens with two attached hydrogens (primary N) is 1. The maximum absolute atomic E-state index is 12.2. The smallest absolute Gasteiger partial charge is 0.323 e. The highest BCUT2D eigenvalue weighted by molar-refractivity contribution is 7.88. The molecular formula is C10H17N3O6S. The maximum Gasteiger partial charge on any atom is 0.323 e. The van der Waals surface area contributed by atoms with Crippen LogP contribution in [0.3, 0.4) is 0 Å². The molecule has 1 atom stereocenters. The Kier molecular flexibility index (Phi) is 5.06. The first-order chi connectivity index (χ1) is 9.12. The SMILES string of the molecule is CS(=O)(=O)N1CCCC1C(=O)N(CC(N)=O)CC(=O)O. The Hall–Kier alpha value is -1.68. The molecule has 0 radical (unpaired) electrons. The molecule has 1 fully saturated rings. The average Bonchev–Trinajstić information content (AvgIpc) is 2.74. The van der Waals surface area contributed by atoms with Crippen LogP contribution in [0.4, 0.5) is 0 Å². The number of amides is 2. The van der Waals surface area contributed by atoms with Crippen LogP contribution in [0.2, 0.25) is 0 Å². The van der Waals surface area contributed by atoms with E-state index < -0.39 is 46.9 Å². The lowest BCUT2D eigenvalue weighted by molar-refractivity contribution is -0.147. The molecule has 1 aliphatic rings. The topological polar surface area (TPSA) is 138 Å². The molecule has 1 aliphatic heterocycles.